The van der Waals surface area contributed by atoms with E-state index in [0.717, 1.165) is 35.3 Å². The Balaban J connectivity index is 1.63. The van der Waals surface area contributed by atoms with E-state index in [-0.39, 0.29) is 10.3 Å². The average Bonchev–Trinajstić information content (AvgIpc) is 3.29. The highest BCUT2D eigenvalue weighted by Gasteiger charge is 2.29. The summed E-state index contributed by atoms with van der Waals surface area (Å²) in [5.41, 5.74) is 1.78. The Bertz CT molecular complexity index is 939. The van der Waals surface area contributed by atoms with E-state index in [1.165, 1.54) is 11.1 Å². The Morgan fingerprint density at radius 1 is 1.26 bits per heavy atom. The van der Waals surface area contributed by atoms with E-state index < -0.39 is 21.5 Å². The number of unbranched alkanes of at least 4 members (excludes halogenated alkanes) is 1. The zero-order valence-corrected chi connectivity index (χ0v) is 16.5. The molecule has 144 valence electrons. The summed E-state index contributed by atoms with van der Waals surface area (Å²) in [5, 5.41) is 1.56. The molecule has 0 spiro atoms. The van der Waals surface area contributed by atoms with Crippen molar-refractivity contribution in [3.63, 3.8) is 0 Å². The van der Waals surface area contributed by atoms with E-state index in [9.17, 15) is 18.0 Å². The van der Waals surface area contributed by atoms with Gasteiger partial charge in [-0.2, -0.15) is 0 Å². The lowest BCUT2D eigenvalue weighted by molar-refractivity contribution is -0.134. The molecule has 3 rings (SSSR count). The number of ether oxygens (including phenoxy) is 1. The van der Waals surface area contributed by atoms with Crippen LogP contribution in [0.3, 0.4) is 0 Å². The van der Waals surface area contributed by atoms with E-state index >= 15 is 0 Å². The van der Waals surface area contributed by atoms with Gasteiger partial charge in [0.15, 0.2) is 0 Å². The second-order valence-corrected chi connectivity index (χ2v) is 9.37. The zero-order valence-electron chi connectivity index (χ0n) is 14.9. The van der Waals surface area contributed by atoms with Gasteiger partial charge in [0.1, 0.15) is 11.5 Å². The first-order valence-corrected chi connectivity index (χ1v) is 11.1. The molecule has 9 heteroatoms. The molecule has 0 saturated heterocycles. The highest BCUT2D eigenvalue weighted by molar-refractivity contribution is 7.93. The van der Waals surface area contributed by atoms with Crippen LogP contribution in [-0.2, 0) is 32.5 Å². The summed E-state index contributed by atoms with van der Waals surface area (Å²) in [6.07, 6.45) is 3.46. The van der Waals surface area contributed by atoms with Gasteiger partial charge in [-0.05, 0) is 29.7 Å². The molecule has 0 N–H and O–H groups in total. The molecule has 1 aromatic carbocycles. The molecule has 1 aliphatic heterocycles. The molecule has 27 heavy (non-hydrogen) atoms. The van der Waals surface area contributed by atoms with Gasteiger partial charge in [-0.15, -0.1) is 11.3 Å². The van der Waals surface area contributed by atoms with Crippen molar-refractivity contribution < 1.29 is 22.7 Å². The van der Waals surface area contributed by atoms with Crippen LogP contribution in [-0.4, -0.2) is 35.9 Å². The van der Waals surface area contributed by atoms with E-state index in [0.29, 0.717) is 25.3 Å². The second kappa shape index (κ2) is 8.18. The van der Waals surface area contributed by atoms with Gasteiger partial charge < -0.3 is 9.64 Å². The number of esters is 1. The van der Waals surface area contributed by atoms with Crippen LogP contribution in [0.15, 0.2) is 34.1 Å². The van der Waals surface area contributed by atoms with Gasteiger partial charge in [-0.1, -0.05) is 19.4 Å². The molecule has 0 radical (unpaired) electrons. The van der Waals surface area contributed by atoms with E-state index in [4.69, 9.17) is 4.74 Å². The zero-order chi connectivity index (χ0) is 19.4. The van der Waals surface area contributed by atoms with E-state index in [1.54, 1.807) is 23.6 Å². The largest absolute Gasteiger partial charge is 0.427 e. The Kier molecular flexibility index (Phi) is 5.91. The van der Waals surface area contributed by atoms with Gasteiger partial charge in [-0.25, -0.2) is 13.4 Å². The first-order valence-electron chi connectivity index (χ1n) is 8.61. The molecule has 0 saturated carbocycles. The molecule has 0 fully saturated rings. The number of amides is 1. The highest BCUT2D eigenvalue weighted by atomic mass is 32.2. The van der Waals surface area contributed by atoms with Gasteiger partial charge >= 0.3 is 5.97 Å². The Hall–Kier alpha value is -2.26. The predicted molar refractivity (Wildman–Crippen MR) is 100 cm³/mol. The highest BCUT2D eigenvalue weighted by Crippen LogP contribution is 2.28. The van der Waals surface area contributed by atoms with Crippen molar-refractivity contribution in [2.24, 2.45) is 0 Å². The fourth-order valence-corrected chi connectivity index (χ4v) is 4.94. The Morgan fingerprint density at radius 2 is 2.04 bits per heavy atom. The quantitative estimate of drug-likeness (QED) is 0.516. The predicted octanol–water partition coefficient (Wildman–Crippen LogP) is 2.55. The number of benzene rings is 1. The van der Waals surface area contributed by atoms with Crippen molar-refractivity contribution in [3.05, 3.63) is 40.9 Å². The van der Waals surface area contributed by atoms with Crippen LogP contribution in [0.25, 0.3) is 0 Å². The van der Waals surface area contributed by atoms with Gasteiger partial charge in [0, 0.05) is 31.1 Å². The monoisotopic (exact) mass is 408 g/mol. The van der Waals surface area contributed by atoms with Crippen molar-refractivity contribution >= 4 is 33.1 Å². The molecular formula is C18H20N2O5S2. The number of rotatable bonds is 7. The third-order valence-electron chi connectivity index (χ3n) is 4.21. The number of fused-ring (bicyclic) bond motifs is 1. The fraction of sp³-hybridized carbons (Fsp3) is 0.389. The number of hydrogen-bond donors (Lipinski definition) is 0. The van der Waals surface area contributed by atoms with Crippen molar-refractivity contribution in [1.82, 2.24) is 9.88 Å². The van der Waals surface area contributed by atoms with Crippen LogP contribution in [0.5, 0.6) is 5.75 Å². The van der Waals surface area contributed by atoms with Crippen LogP contribution >= 0.6 is 11.3 Å². The van der Waals surface area contributed by atoms with Crippen LogP contribution < -0.4 is 4.74 Å². The van der Waals surface area contributed by atoms with Crippen molar-refractivity contribution in [3.8, 4) is 5.75 Å². The van der Waals surface area contributed by atoms with Crippen LogP contribution in [0, 0.1) is 0 Å². The number of aromatic nitrogens is 1. The Labute approximate surface area is 161 Å². The number of nitrogens with zero attached hydrogens (tertiary/aromatic N) is 2. The maximum Gasteiger partial charge on any atom is 0.311 e. The molecule has 1 aliphatic rings. The first kappa shape index (κ1) is 19.5. The number of carbonyl (C=O) groups is 2. The van der Waals surface area contributed by atoms with Crippen LogP contribution in [0.4, 0.5) is 0 Å². The van der Waals surface area contributed by atoms with Crippen molar-refractivity contribution in [2.45, 2.75) is 43.6 Å². The summed E-state index contributed by atoms with van der Waals surface area (Å²) >= 11 is 0.997. The smallest absolute Gasteiger partial charge is 0.311 e. The molecular weight excluding hydrogens is 388 g/mol. The van der Waals surface area contributed by atoms with Crippen molar-refractivity contribution in [2.75, 3.05) is 5.75 Å². The minimum absolute atomic E-state index is 0.0474. The molecule has 0 aliphatic carbocycles. The molecule has 1 amide bonds. The molecule has 1 aromatic heterocycles. The topological polar surface area (TPSA) is 93.6 Å². The third-order valence-corrected chi connectivity index (χ3v) is 7.09. The maximum absolute atomic E-state index is 12.4. The van der Waals surface area contributed by atoms with Gasteiger partial charge in [-0.3, -0.25) is 9.59 Å². The molecule has 0 atom stereocenters. The van der Waals surface area contributed by atoms with Gasteiger partial charge in [0.2, 0.25) is 20.1 Å². The number of carbonyl (C=O) groups excluding carboxylic acids is 2. The minimum Gasteiger partial charge on any atom is -0.427 e. The lowest BCUT2D eigenvalue weighted by Gasteiger charge is -2.14. The summed E-state index contributed by atoms with van der Waals surface area (Å²) in [4.78, 5) is 29.5. The summed E-state index contributed by atoms with van der Waals surface area (Å²) in [7, 11) is -3.73. The number of sulfone groups is 1. The van der Waals surface area contributed by atoms with E-state index in [2.05, 4.69) is 4.98 Å². The van der Waals surface area contributed by atoms with Crippen LogP contribution in [0.1, 0.15) is 37.3 Å². The molecule has 2 aromatic rings. The Morgan fingerprint density at radius 3 is 2.74 bits per heavy atom. The van der Waals surface area contributed by atoms with Gasteiger partial charge in [0.25, 0.3) is 0 Å². The minimum atomic E-state index is -3.73. The molecule has 2 heterocycles. The standard InChI is InChI=1S/C18H20N2O5S2/c1-2-3-4-17(22)25-15-6-5-13-10-20(11-14(13)9-15)16(21)12-27(23,24)18-19-7-8-26-18/h5-9H,2-4,10-12H2,1H3. The summed E-state index contributed by atoms with van der Waals surface area (Å²) in [5.74, 6) is -0.910. The lowest BCUT2D eigenvalue weighted by Crippen LogP contribution is -2.31. The summed E-state index contributed by atoms with van der Waals surface area (Å²) < 4.78 is 29.8. The number of thiazole rings is 1. The van der Waals surface area contributed by atoms with E-state index in [1.807, 2.05) is 6.92 Å². The van der Waals surface area contributed by atoms with Gasteiger partial charge in [0.05, 0.1) is 0 Å². The normalized spacial score (nSPS) is 13.4. The third kappa shape index (κ3) is 4.72. The fourth-order valence-electron chi connectivity index (χ4n) is 2.79. The summed E-state index contributed by atoms with van der Waals surface area (Å²) in [6.45, 7) is 2.64. The number of hydrogen-bond acceptors (Lipinski definition) is 7. The summed E-state index contributed by atoms with van der Waals surface area (Å²) in [6, 6.07) is 5.24. The molecule has 0 unspecified atom stereocenters. The maximum atomic E-state index is 12.4. The SMILES string of the molecule is CCCCC(=O)Oc1ccc2c(c1)CN(C(=O)CS(=O)(=O)c1nccs1)C2. The average molecular weight is 409 g/mol. The first-order chi connectivity index (χ1) is 12.9. The lowest BCUT2D eigenvalue weighted by atomic mass is 10.1. The molecule has 0 bridgehead atoms. The second-order valence-electron chi connectivity index (χ2n) is 6.32. The molecule has 7 nitrogen and oxygen atoms in total. The van der Waals surface area contributed by atoms with Crippen LogP contribution in [0.2, 0.25) is 0 Å². The van der Waals surface area contributed by atoms with Crippen molar-refractivity contribution in [1.29, 1.82) is 0 Å².